The highest BCUT2D eigenvalue weighted by Crippen LogP contribution is 2.30. The number of carbonyl (C=O) groups excluding carboxylic acids is 2. The molecular formula is C16H22N2O3. The topological polar surface area (TPSA) is 72.6 Å². The van der Waals surface area contributed by atoms with E-state index in [0.29, 0.717) is 31.7 Å². The van der Waals surface area contributed by atoms with E-state index in [4.69, 9.17) is 10.5 Å². The number of amides is 1. The van der Waals surface area contributed by atoms with E-state index in [0.717, 1.165) is 30.5 Å². The zero-order valence-corrected chi connectivity index (χ0v) is 12.4. The third-order valence-corrected chi connectivity index (χ3v) is 3.61. The Kier molecular flexibility index (Phi) is 5.20. The summed E-state index contributed by atoms with van der Waals surface area (Å²) in [5, 5.41) is 0. The molecule has 0 spiro atoms. The minimum atomic E-state index is -0.143. The van der Waals surface area contributed by atoms with Gasteiger partial charge in [0.25, 0.3) is 0 Å². The molecule has 1 aromatic carbocycles. The van der Waals surface area contributed by atoms with Crippen LogP contribution in [0.5, 0.6) is 0 Å². The Morgan fingerprint density at radius 1 is 1.33 bits per heavy atom. The van der Waals surface area contributed by atoms with Crippen molar-refractivity contribution in [1.82, 2.24) is 0 Å². The van der Waals surface area contributed by atoms with E-state index in [1.165, 1.54) is 0 Å². The van der Waals surface area contributed by atoms with Crippen molar-refractivity contribution < 1.29 is 14.3 Å². The Bertz CT molecular complexity index is 528. The Labute approximate surface area is 125 Å². The molecule has 5 nitrogen and oxygen atoms in total. The monoisotopic (exact) mass is 290 g/mol. The van der Waals surface area contributed by atoms with Crippen LogP contribution in [0.2, 0.25) is 0 Å². The number of esters is 1. The smallest absolute Gasteiger partial charge is 0.305 e. The number of unbranched alkanes of at least 4 members (excludes halogenated alkanes) is 2. The lowest BCUT2D eigenvalue weighted by Gasteiger charge is -2.17. The third-order valence-electron chi connectivity index (χ3n) is 3.61. The van der Waals surface area contributed by atoms with Crippen LogP contribution < -0.4 is 10.6 Å². The van der Waals surface area contributed by atoms with E-state index >= 15 is 0 Å². The molecule has 0 fully saturated rings. The highest BCUT2D eigenvalue weighted by Gasteiger charge is 2.26. The molecule has 0 bridgehead atoms. The van der Waals surface area contributed by atoms with Crippen molar-refractivity contribution in [3.8, 4) is 0 Å². The number of carbonyl (C=O) groups is 2. The summed E-state index contributed by atoms with van der Waals surface area (Å²) < 4.78 is 4.88. The van der Waals surface area contributed by atoms with Crippen molar-refractivity contribution in [1.29, 1.82) is 0 Å². The minimum Gasteiger partial charge on any atom is -0.466 e. The number of hydrogen-bond acceptors (Lipinski definition) is 4. The molecule has 0 atom stereocenters. The predicted molar refractivity (Wildman–Crippen MR) is 82.0 cm³/mol. The van der Waals surface area contributed by atoms with Crippen LogP contribution in [0.25, 0.3) is 0 Å². The van der Waals surface area contributed by atoms with E-state index in [-0.39, 0.29) is 11.9 Å². The molecule has 114 valence electrons. The number of nitrogen functional groups attached to an aromatic ring is 1. The summed E-state index contributed by atoms with van der Waals surface area (Å²) >= 11 is 0. The van der Waals surface area contributed by atoms with Crippen molar-refractivity contribution in [2.75, 3.05) is 23.8 Å². The molecule has 1 aliphatic rings. The fourth-order valence-electron chi connectivity index (χ4n) is 2.60. The maximum atomic E-state index is 12.0. The van der Waals surface area contributed by atoms with Gasteiger partial charge < -0.3 is 15.4 Å². The zero-order valence-electron chi connectivity index (χ0n) is 12.4. The summed E-state index contributed by atoms with van der Waals surface area (Å²) in [5.41, 5.74) is 8.41. The molecular weight excluding hydrogens is 268 g/mol. The SMILES string of the molecule is CCOC(=O)CCCCCN1C(=O)Cc2cc(N)ccc21. The van der Waals surface area contributed by atoms with Crippen LogP contribution >= 0.6 is 0 Å². The first kappa shape index (κ1) is 15.4. The summed E-state index contributed by atoms with van der Waals surface area (Å²) in [6.07, 6.45) is 3.48. The molecule has 0 unspecified atom stereocenters. The van der Waals surface area contributed by atoms with E-state index in [2.05, 4.69) is 0 Å². The standard InChI is InChI=1S/C16H22N2O3/c1-2-21-16(20)6-4-3-5-9-18-14-8-7-13(17)10-12(14)11-15(18)19/h7-8,10H,2-6,9,11,17H2,1H3. The van der Waals surface area contributed by atoms with Crippen molar-refractivity contribution >= 4 is 23.3 Å². The van der Waals surface area contributed by atoms with Crippen LogP contribution in [0.4, 0.5) is 11.4 Å². The Morgan fingerprint density at radius 3 is 2.90 bits per heavy atom. The third kappa shape index (κ3) is 3.97. The highest BCUT2D eigenvalue weighted by atomic mass is 16.5. The minimum absolute atomic E-state index is 0.126. The molecule has 2 N–H and O–H groups in total. The van der Waals surface area contributed by atoms with Crippen LogP contribution in [-0.4, -0.2) is 25.0 Å². The Balaban J connectivity index is 1.77. The molecule has 0 aromatic heterocycles. The zero-order chi connectivity index (χ0) is 15.2. The first-order valence-corrected chi connectivity index (χ1v) is 7.46. The van der Waals surface area contributed by atoms with Gasteiger partial charge in [-0.05, 0) is 43.5 Å². The first-order chi connectivity index (χ1) is 10.1. The maximum Gasteiger partial charge on any atom is 0.305 e. The van der Waals surface area contributed by atoms with Crippen molar-refractivity contribution in [2.45, 2.75) is 39.0 Å². The molecule has 1 aromatic rings. The largest absolute Gasteiger partial charge is 0.466 e. The van der Waals surface area contributed by atoms with Gasteiger partial charge >= 0.3 is 5.97 Å². The number of hydrogen-bond donors (Lipinski definition) is 1. The molecule has 0 saturated heterocycles. The Morgan fingerprint density at radius 2 is 2.14 bits per heavy atom. The lowest BCUT2D eigenvalue weighted by molar-refractivity contribution is -0.143. The lowest BCUT2D eigenvalue weighted by atomic mass is 10.1. The number of nitrogens with zero attached hydrogens (tertiary/aromatic N) is 1. The van der Waals surface area contributed by atoms with Gasteiger partial charge in [0, 0.05) is 24.3 Å². The van der Waals surface area contributed by atoms with Crippen LogP contribution in [0.15, 0.2) is 18.2 Å². The van der Waals surface area contributed by atoms with Gasteiger partial charge in [-0.1, -0.05) is 6.42 Å². The van der Waals surface area contributed by atoms with Crippen molar-refractivity contribution in [2.24, 2.45) is 0 Å². The fourth-order valence-corrected chi connectivity index (χ4v) is 2.60. The van der Waals surface area contributed by atoms with Crippen molar-refractivity contribution in [3.63, 3.8) is 0 Å². The Hall–Kier alpha value is -2.04. The molecule has 2 rings (SSSR count). The number of benzene rings is 1. The van der Waals surface area contributed by atoms with Gasteiger partial charge in [0.1, 0.15) is 0 Å². The summed E-state index contributed by atoms with van der Waals surface area (Å²) in [4.78, 5) is 25.0. The summed E-state index contributed by atoms with van der Waals surface area (Å²) in [5.74, 6) is -0.0171. The van der Waals surface area contributed by atoms with Crippen LogP contribution in [0.3, 0.4) is 0 Å². The van der Waals surface area contributed by atoms with Crippen LogP contribution in [0.1, 0.15) is 38.2 Å². The van der Waals surface area contributed by atoms with Gasteiger partial charge in [-0.3, -0.25) is 9.59 Å². The molecule has 21 heavy (non-hydrogen) atoms. The van der Waals surface area contributed by atoms with Gasteiger partial charge in [-0.2, -0.15) is 0 Å². The molecule has 0 radical (unpaired) electrons. The molecule has 1 heterocycles. The number of rotatable bonds is 7. The number of nitrogens with two attached hydrogens (primary N) is 1. The van der Waals surface area contributed by atoms with Crippen LogP contribution in [0, 0.1) is 0 Å². The molecule has 0 saturated carbocycles. The highest BCUT2D eigenvalue weighted by molar-refractivity contribution is 6.01. The first-order valence-electron chi connectivity index (χ1n) is 7.46. The van der Waals surface area contributed by atoms with E-state index in [1.807, 2.05) is 23.1 Å². The average Bonchev–Trinajstić information content (AvgIpc) is 2.74. The molecule has 0 aliphatic carbocycles. The van der Waals surface area contributed by atoms with Crippen LogP contribution in [-0.2, 0) is 20.7 Å². The maximum absolute atomic E-state index is 12.0. The van der Waals surface area contributed by atoms with E-state index in [1.54, 1.807) is 6.92 Å². The second-order valence-electron chi connectivity index (χ2n) is 5.23. The number of ether oxygens (including phenoxy) is 1. The van der Waals surface area contributed by atoms with Crippen molar-refractivity contribution in [3.05, 3.63) is 23.8 Å². The lowest BCUT2D eigenvalue weighted by Crippen LogP contribution is -2.27. The second-order valence-corrected chi connectivity index (χ2v) is 5.23. The quantitative estimate of drug-likeness (QED) is 0.475. The molecule has 5 heteroatoms. The summed E-state index contributed by atoms with van der Waals surface area (Å²) in [7, 11) is 0. The second kappa shape index (κ2) is 7.11. The van der Waals surface area contributed by atoms with Gasteiger partial charge in [0.15, 0.2) is 0 Å². The van der Waals surface area contributed by atoms with E-state index < -0.39 is 0 Å². The normalized spacial score (nSPS) is 13.4. The number of anilines is 2. The predicted octanol–water partition coefficient (Wildman–Crippen LogP) is 2.28. The summed E-state index contributed by atoms with van der Waals surface area (Å²) in [6.45, 7) is 2.93. The molecule has 1 amide bonds. The average molecular weight is 290 g/mol. The number of fused-ring (bicyclic) bond motifs is 1. The summed E-state index contributed by atoms with van der Waals surface area (Å²) in [6, 6.07) is 5.60. The van der Waals surface area contributed by atoms with E-state index in [9.17, 15) is 9.59 Å². The molecule has 1 aliphatic heterocycles. The fraction of sp³-hybridized carbons (Fsp3) is 0.500. The van der Waals surface area contributed by atoms with Gasteiger partial charge in [0.2, 0.25) is 5.91 Å². The van der Waals surface area contributed by atoms with Gasteiger partial charge in [0.05, 0.1) is 13.0 Å². The van der Waals surface area contributed by atoms with Gasteiger partial charge in [-0.15, -0.1) is 0 Å². The van der Waals surface area contributed by atoms with Gasteiger partial charge in [-0.25, -0.2) is 0 Å².